The van der Waals surface area contributed by atoms with Gasteiger partial charge in [-0.1, -0.05) is 38.1 Å². The van der Waals surface area contributed by atoms with Crippen molar-refractivity contribution < 1.29 is 9.72 Å². The van der Waals surface area contributed by atoms with Gasteiger partial charge in [0.15, 0.2) is 0 Å². The van der Waals surface area contributed by atoms with Gasteiger partial charge < -0.3 is 5.32 Å². The van der Waals surface area contributed by atoms with Gasteiger partial charge in [0.05, 0.1) is 16.8 Å². The summed E-state index contributed by atoms with van der Waals surface area (Å²) in [6, 6.07) is 15.3. The number of nitrogens with zero attached hydrogens (tertiary/aromatic N) is 3. The van der Waals surface area contributed by atoms with E-state index in [0.29, 0.717) is 28.4 Å². The number of nitriles is 1. The molecule has 0 aliphatic carbocycles. The highest BCUT2D eigenvalue weighted by atomic mass is 16.6. The van der Waals surface area contributed by atoms with Gasteiger partial charge in [0.1, 0.15) is 11.6 Å². The standard InChI is InChI=1S/C22H19N5O3/c1-14(2)15-6-8-19(9-7-15)25-22(28)17(12-23)10-18-13-24-26-21(18)16-4-3-5-20(11-16)27(29)30/h3-11,13-14H,1-2H3,(H,24,26)(H,25,28)/b17-10+. The largest absolute Gasteiger partial charge is 0.321 e. The quantitative estimate of drug-likeness (QED) is 0.269. The highest BCUT2D eigenvalue weighted by Crippen LogP contribution is 2.26. The van der Waals surface area contributed by atoms with Gasteiger partial charge in [-0.15, -0.1) is 0 Å². The smallest absolute Gasteiger partial charge is 0.270 e. The molecule has 0 saturated heterocycles. The Morgan fingerprint density at radius 2 is 2.00 bits per heavy atom. The summed E-state index contributed by atoms with van der Waals surface area (Å²) < 4.78 is 0. The molecular weight excluding hydrogens is 382 g/mol. The Balaban J connectivity index is 1.86. The highest BCUT2D eigenvalue weighted by molar-refractivity contribution is 6.10. The number of nitro groups is 1. The fourth-order valence-electron chi connectivity index (χ4n) is 2.86. The van der Waals surface area contributed by atoms with E-state index in [2.05, 4.69) is 29.4 Å². The monoisotopic (exact) mass is 401 g/mol. The summed E-state index contributed by atoms with van der Waals surface area (Å²) in [4.78, 5) is 23.1. The van der Waals surface area contributed by atoms with Crippen LogP contribution < -0.4 is 5.32 Å². The van der Waals surface area contributed by atoms with Gasteiger partial charge in [-0.3, -0.25) is 20.0 Å². The lowest BCUT2D eigenvalue weighted by molar-refractivity contribution is -0.384. The molecule has 0 aliphatic rings. The van der Waals surface area contributed by atoms with Crippen molar-refractivity contribution in [2.45, 2.75) is 19.8 Å². The summed E-state index contributed by atoms with van der Waals surface area (Å²) in [5, 5.41) is 29.9. The lowest BCUT2D eigenvalue weighted by atomic mass is 10.0. The van der Waals surface area contributed by atoms with Gasteiger partial charge in [0.25, 0.3) is 11.6 Å². The van der Waals surface area contributed by atoms with Gasteiger partial charge in [0, 0.05) is 28.9 Å². The Hall–Kier alpha value is -4.25. The van der Waals surface area contributed by atoms with Crippen LogP contribution in [0.2, 0.25) is 0 Å². The molecule has 1 heterocycles. The van der Waals surface area contributed by atoms with Gasteiger partial charge in [-0.25, -0.2) is 0 Å². The zero-order valence-corrected chi connectivity index (χ0v) is 16.4. The van der Waals surface area contributed by atoms with E-state index in [1.54, 1.807) is 24.3 Å². The number of carbonyl (C=O) groups excluding carboxylic acids is 1. The predicted octanol–water partition coefficient (Wildman–Crippen LogP) is 4.65. The Bertz CT molecular complexity index is 1150. The average Bonchev–Trinajstić information content (AvgIpc) is 3.20. The van der Waals surface area contributed by atoms with Crippen molar-refractivity contribution >= 4 is 23.4 Å². The molecule has 3 aromatic rings. The summed E-state index contributed by atoms with van der Waals surface area (Å²) in [5.74, 6) is -0.182. The fourth-order valence-corrected chi connectivity index (χ4v) is 2.86. The number of benzene rings is 2. The van der Waals surface area contributed by atoms with Gasteiger partial charge in [-0.2, -0.15) is 10.4 Å². The fraction of sp³-hybridized carbons (Fsp3) is 0.136. The van der Waals surface area contributed by atoms with Crippen LogP contribution in [-0.2, 0) is 4.79 Å². The highest BCUT2D eigenvalue weighted by Gasteiger charge is 2.15. The van der Waals surface area contributed by atoms with Gasteiger partial charge in [0.2, 0.25) is 0 Å². The molecule has 2 N–H and O–H groups in total. The van der Waals surface area contributed by atoms with Crippen LogP contribution in [0, 0.1) is 21.4 Å². The molecule has 8 heteroatoms. The summed E-state index contributed by atoms with van der Waals surface area (Å²) in [6.07, 6.45) is 2.85. The zero-order valence-electron chi connectivity index (χ0n) is 16.4. The maximum Gasteiger partial charge on any atom is 0.270 e. The normalized spacial score (nSPS) is 11.2. The first kappa shape index (κ1) is 20.5. The molecule has 3 rings (SSSR count). The number of nitro benzene ring substituents is 1. The second-order valence-electron chi connectivity index (χ2n) is 6.91. The van der Waals surface area contributed by atoms with Crippen molar-refractivity contribution in [3.05, 3.63) is 81.5 Å². The number of amides is 1. The average molecular weight is 401 g/mol. The number of hydrogen-bond donors (Lipinski definition) is 2. The molecule has 0 radical (unpaired) electrons. The Labute approximate surface area is 173 Å². The van der Waals surface area contributed by atoms with Gasteiger partial charge >= 0.3 is 0 Å². The Morgan fingerprint density at radius 1 is 1.27 bits per heavy atom. The molecule has 0 aliphatic heterocycles. The van der Waals surface area contributed by atoms with Crippen molar-refractivity contribution in [1.29, 1.82) is 5.26 Å². The van der Waals surface area contributed by atoms with E-state index >= 15 is 0 Å². The molecule has 8 nitrogen and oxygen atoms in total. The molecule has 0 bridgehead atoms. The maximum absolute atomic E-state index is 12.6. The molecule has 2 aromatic carbocycles. The summed E-state index contributed by atoms with van der Waals surface area (Å²) in [7, 11) is 0. The Kier molecular flexibility index (Phi) is 6.03. The number of anilines is 1. The Morgan fingerprint density at radius 3 is 2.63 bits per heavy atom. The van der Waals surface area contributed by atoms with Crippen molar-refractivity contribution in [2.24, 2.45) is 0 Å². The van der Waals surface area contributed by atoms with Crippen molar-refractivity contribution in [2.75, 3.05) is 5.32 Å². The first-order valence-electron chi connectivity index (χ1n) is 9.20. The molecule has 0 spiro atoms. The van der Waals surface area contributed by atoms with E-state index in [1.165, 1.54) is 24.4 Å². The SMILES string of the molecule is CC(C)c1ccc(NC(=O)/C(C#N)=C/c2cn[nH]c2-c2cccc([N+](=O)[O-])c2)cc1. The predicted molar refractivity (Wildman–Crippen MR) is 113 cm³/mol. The van der Waals surface area contributed by atoms with E-state index < -0.39 is 10.8 Å². The van der Waals surface area contributed by atoms with Crippen molar-refractivity contribution in [3.8, 4) is 17.3 Å². The van der Waals surface area contributed by atoms with Crippen molar-refractivity contribution in [3.63, 3.8) is 0 Å². The van der Waals surface area contributed by atoms with E-state index in [9.17, 15) is 20.2 Å². The number of hydrogen-bond acceptors (Lipinski definition) is 5. The molecule has 150 valence electrons. The molecule has 0 atom stereocenters. The lowest BCUT2D eigenvalue weighted by Gasteiger charge is -2.08. The summed E-state index contributed by atoms with van der Waals surface area (Å²) in [6.45, 7) is 4.15. The van der Waals surface area contributed by atoms with Crippen LogP contribution in [0.25, 0.3) is 17.3 Å². The molecule has 1 amide bonds. The molecule has 1 aromatic heterocycles. The molecule has 0 unspecified atom stereocenters. The van der Waals surface area contributed by atoms with E-state index in [1.807, 2.05) is 18.2 Å². The van der Waals surface area contributed by atoms with Crippen LogP contribution >= 0.6 is 0 Å². The second kappa shape index (κ2) is 8.84. The van der Waals surface area contributed by atoms with Crippen LogP contribution in [0.1, 0.15) is 30.9 Å². The number of nitrogens with one attached hydrogen (secondary N) is 2. The number of rotatable bonds is 6. The van der Waals surface area contributed by atoms with Crippen LogP contribution in [0.3, 0.4) is 0 Å². The topological polar surface area (TPSA) is 125 Å². The van der Waals surface area contributed by atoms with Crippen LogP contribution in [-0.4, -0.2) is 21.0 Å². The zero-order chi connectivity index (χ0) is 21.7. The minimum absolute atomic E-state index is 0.0693. The van der Waals surface area contributed by atoms with Crippen LogP contribution in [0.15, 0.2) is 60.3 Å². The lowest BCUT2D eigenvalue weighted by Crippen LogP contribution is -2.13. The number of non-ortho nitro benzene ring substituents is 1. The number of aromatic nitrogens is 2. The first-order chi connectivity index (χ1) is 14.4. The number of aromatic amines is 1. The van der Waals surface area contributed by atoms with Crippen molar-refractivity contribution in [1.82, 2.24) is 10.2 Å². The third-order valence-corrected chi connectivity index (χ3v) is 4.51. The third-order valence-electron chi connectivity index (χ3n) is 4.51. The number of H-pyrrole nitrogens is 1. The minimum Gasteiger partial charge on any atom is -0.321 e. The molecular formula is C22H19N5O3. The summed E-state index contributed by atoms with van der Waals surface area (Å²) >= 11 is 0. The van der Waals surface area contributed by atoms with Crippen LogP contribution in [0.5, 0.6) is 0 Å². The third kappa shape index (κ3) is 4.59. The maximum atomic E-state index is 12.6. The van der Waals surface area contributed by atoms with E-state index in [4.69, 9.17) is 0 Å². The van der Waals surface area contributed by atoms with E-state index in [-0.39, 0.29) is 11.3 Å². The second-order valence-corrected chi connectivity index (χ2v) is 6.91. The van der Waals surface area contributed by atoms with Crippen LogP contribution in [0.4, 0.5) is 11.4 Å². The molecule has 0 fully saturated rings. The minimum atomic E-state index is -0.555. The van der Waals surface area contributed by atoms with E-state index in [0.717, 1.165) is 5.56 Å². The number of carbonyl (C=O) groups is 1. The summed E-state index contributed by atoms with van der Waals surface area (Å²) in [5.41, 5.74) is 3.00. The molecule has 0 saturated carbocycles. The molecule has 30 heavy (non-hydrogen) atoms. The first-order valence-corrected chi connectivity index (χ1v) is 9.20. The van der Waals surface area contributed by atoms with Gasteiger partial charge in [-0.05, 0) is 29.7 Å².